The van der Waals surface area contributed by atoms with Crippen LogP contribution in [0.1, 0.15) is 33.6 Å². The number of likely N-dealkylation sites (tertiary alicyclic amines) is 1. The van der Waals surface area contributed by atoms with E-state index in [9.17, 15) is 13.6 Å². The first kappa shape index (κ1) is 19.9. The number of amides is 1. The minimum absolute atomic E-state index is 0.0471. The number of rotatable bonds is 4. The average molecular weight is 390 g/mol. The van der Waals surface area contributed by atoms with Gasteiger partial charge in [-0.1, -0.05) is 26.0 Å². The first-order valence-corrected chi connectivity index (χ1v) is 10.1. The van der Waals surface area contributed by atoms with Gasteiger partial charge in [-0.3, -0.25) is 4.79 Å². The zero-order chi connectivity index (χ0) is 19.6. The van der Waals surface area contributed by atoms with Crippen LogP contribution in [0.3, 0.4) is 0 Å². The van der Waals surface area contributed by atoms with Gasteiger partial charge in [0.25, 0.3) is 0 Å². The van der Waals surface area contributed by atoms with Gasteiger partial charge in [0.2, 0.25) is 5.91 Å². The summed E-state index contributed by atoms with van der Waals surface area (Å²) in [5.74, 6) is -0.427. The Bertz CT molecular complexity index is 812. The van der Waals surface area contributed by atoms with Gasteiger partial charge in [0.1, 0.15) is 11.6 Å². The smallest absolute Gasteiger partial charge is 0.219 e. The SMILES string of the molecule is CC(=O)N1CCC(C(C)(C)Sc2ccc(-c3ccc(F)cc3F)cc2)CC1. The highest BCUT2D eigenvalue weighted by molar-refractivity contribution is 8.00. The molecular weight excluding hydrogens is 364 g/mol. The quantitative estimate of drug-likeness (QED) is 0.620. The Morgan fingerprint density at radius 2 is 1.70 bits per heavy atom. The topological polar surface area (TPSA) is 20.3 Å². The molecule has 27 heavy (non-hydrogen) atoms. The molecule has 2 aromatic carbocycles. The molecule has 1 aliphatic rings. The second kappa shape index (κ2) is 8.01. The Morgan fingerprint density at radius 3 is 2.26 bits per heavy atom. The van der Waals surface area contributed by atoms with Crippen molar-refractivity contribution in [3.05, 3.63) is 54.1 Å². The minimum atomic E-state index is -0.569. The number of halogens is 2. The van der Waals surface area contributed by atoms with Gasteiger partial charge in [-0.05, 0) is 48.6 Å². The largest absolute Gasteiger partial charge is 0.343 e. The second-order valence-electron chi connectivity index (χ2n) is 7.63. The van der Waals surface area contributed by atoms with Gasteiger partial charge >= 0.3 is 0 Å². The van der Waals surface area contributed by atoms with Crippen LogP contribution < -0.4 is 0 Å². The fraction of sp³-hybridized carbons (Fsp3) is 0.409. The van der Waals surface area contributed by atoms with Gasteiger partial charge < -0.3 is 4.90 Å². The Hall–Kier alpha value is -1.88. The fourth-order valence-corrected chi connectivity index (χ4v) is 4.98. The van der Waals surface area contributed by atoms with E-state index in [1.54, 1.807) is 6.92 Å². The summed E-state index contributed by atoms with van der Waals surface area (Å²) in [5, 5.41) is 0. The van der Waals surface area contributed by atoms with Gasteiger partial charge in [0, 0.05) is 41.3 Å². The van der Waals surface area contributed by atoms with Gasteiger partial charge in [0.15, 0.2) is 0 Å². The molecule has 3 rings (SSSR count). The molecule has 1 aliphatic heterocycles. The van der Waals surface area contributed by atoms with Gasteiger partial charge in [-0.15, -0.1) is 11.8 Å². The Kier molecular flexibility index (Phi) is 5.89. The molecule has 0 spiro atoms. The lowest BCUT2D eigenvalue weighted by molar-refractivity contribution is -0.130. The molecule has 0 bridgehead atoms. The highest BCUT2D eigenvalue weighted by Crippen LogP contribution is 2.43. The maximum absolute atomic E-state index is 14.0. The van der Waals surface area contributed by atoms with E-state index in [4.69, 9.17) is 0 Å². The van der Waals surface area contributed by atoms with Gasteiger partial charge in [-0.25, -0.2) is 8.78 Å². The lowest BCUT2D eigenvalue weighted by Crippen LogP contribution is -2.42. The van der Waals surface area contributed by atoms with E-state index < -0.39 is 11.6 Å². The first-order valence-electron chi connectivity index (χ1n) is 9.26. The molecule has 1 saturated heterocycles. The summed E-state index contributed by atoms with van der Waals surface area (Å²) in [5.41, 5.74) is 1.15. The van der Waals surface area contributed by atoms with Crippen molar-refractivity contribution in [1.29, 1.82) is 0 Å². The molecular formula is C22H25F2NOS. The molecule has 0 atom stereocenters. The summed E-state index contributed by atoms with van der Waals surface area (Å²) in [6, 6.07) is 11.4. The number of carbonyl (C=O) groups excluding carboxylic acids is 1. The predicted octanol–water partition coefficient (Wildman–Crippen LogP) is 5.76. The van der Waals surface area contributed by atoms with E-state index >= 15 is 0 Å². The van der Waals surface area contributed by atoms with Crippen molar-refractivity contribution < 1.29 is 13.6 Å². The number of hydrogen-bond donors (Lipinski definition) is 0. The zero-order valence-electron chi connectivity index (χ0n) is 16.0. The molecule has 144 valence electrons. The maximum atomic E-state index is 14.0. The summed E-state index contributed by atoms with van der Waals surface area (Å²) in [7, 11) is 0. The lowest BCUT2D eigenvalue weighted by atomic mass is 9.86. The van der Waals surface area contributed by atoms with Crippen LogP contribution in [0.2, 0.25) is 0 Å². The van der Waals surface area contributed by atoms with E-state index in [2.05, 4.69) is 13.8 Å². The molecule has 0 saturated carbocycles. The minimum Gasteiger partial charge on any atom is -0.343 e. The number of nitrogens with zero attached hydrogens (tertiary/aromatic N) is 1. The fourth-order valence-electron chi connectivity index (χ4n) is 3.70. The number of hydrogen-bond acceptors (Lipinski definition) is 2. The Morgan fingerprint density at radius 1 is 1.07 bits per heavy atom. The monoisotopic (exact) mass is 389 g/mol. The summed E-state index contributed by atoms with van der Waals surface area (Å²) in [6.07, 6.45) is 2.02. The van der Waals surface area contributed by atoms with Crippen molar-refractivity contribution in [2.45, 2.75) is 43.3 Å². The van der Waals surface area contributed by atoms with Crippen LogP contribution in [0.4, 0.5) is 8.78 Å². The van der Waals surface area contributed by atoms with Crippen LogP contribution in [0, 0.1) is 17.6 Å². The molecule has 0 radical (unpaired) electrons. The lowest BCUT2D eigenvalue weighted by Gasteiger charge is -2.40. The maximum Gasteiger partial charge on any atom is 0.219 e. The average Bonchev–Trinajstić information content (AvgIpc) is 2.62. The van der Waals surface area contributed by atoms with Crippen LogP contribution >= 0.6 is 11.8 Å². The summed E-state index contributed by atoms with van der Waals surface area (Å²) < 4.78 is 27.1. The van der Waals surface area contributed by atoms with Crippen LogP contribution in [0.25, 0.3) is 11.1 Å². The van der Waals surface area contributed by atoms with E-state index in [0.717, 1.165) is 42.5 Å². The molecule has 0 N–H and O–H groups in total. The van der Waals surface area contributed by atoms with Crippen LogP contribution in [0.5, 0.6) is 0 Å². The van der Waals surface area contributed by atoms with Crippen molar-refractivity contribution in [2.24, 2.45) is 5.92 Å². The van der Waals surface area contributed by atoms with Crippen molar-refractivity contribution >= 4 is 17.7 Å². The first-order chi connectivity index (χ1) is 12.8. The number of thioether (sulfide) groups is 1. The highest BCUT2D eigenvalue weighted by atomic mass is 32.2. The second-order valence-corrected chi connectivity index (χ2v) is 9.36. The third kappa shape index (κ3) is 4.70. The Labute approximate surface area is 164 Å². The van der Waals surface area contributed by atoms with Gasteiger partial charge in [-0.2, -0.15) is 0 Å². The molecule has 2 nitrogen and oxygen atoms in total. The number of carbonyl (C=O) groups is 1. The standard InChI is InChI=1S/C22H25F2NOS/c1-15(26)25-12-10-17(11-13-25)22(2,3)27-19-7-4-16(5-8-19)20-9-6-18(23)14-21(20)24/h4-9,14,17H,10-13H2,1-3H3. The third-order valence-electron chi connectivity index (χ3n) is 5.40. The molecule has 5 heteroatoms. The van der Waals surface area contributed by atoms with Crippen molar-refractivity contribution in [3.8, 4) is 11.1 Å². The van der Waals surface area contributed by atoms with E-state index in [-0.39, 0.29) is 10.7 Å². The van der Waals surface area contributed by atoms with Crippen molar-refractivity contribution in [3.63, 3.8) is 0 Å². The molecule has 0 unspecified atom stereocenters. The number of piperidine rings is 1. The summed E-state index contributed by atoms with van der Waals surface area (Å²) in [4.78, 5) is 14.6. The van der Waals surface area contributed by atoms with E-state index in [1.807, 2.05) is 40.9 Å². The predicted molar refractivity (Wildman–Crippen MR) is 107 cm³/mol. The molecule has 0 aromatic heterocycles. The molecule has 1 amide bonds. The molecule has 0 aliphatic carbocycles. The van der Waals surface area contributed by atoms with Crippen LogP contribution in [-0.2, 0) is 4.79 Å². The Balaban J connectivity index is 1.68. The highest BCUT2D eigenvalue weighted by Gasteiger charge is 2.34. The van der Waals surface area contributed by atoms with Crippen molar-refractivity contribution in [1.82, 2.24) is 4.90 Å². The zero-order valence-corrected chi connectivity index (χ0v) is 16.8. The normalized spacial score (nSPS) is 15.8. The summed E-state index contributed by atoms with van der Waals surface area (Å²) in [6.45, 7) is 7.78. The third-order valence-corrected chi connectivity index (χ3v) is 6.77. The van der Waals surface area contributed by atoms with E-state index in [1.165, 1.54) is 12.1 Å². The summed E-state index contributed by atoms with van der Waals surface area (Å²) >= 11 is 1.82. The van der Waals surface area contributed by atoms with Crippen LogP contribution in [0.15, 0.2) is 47.4 Å². The van der Waals surface area contributed by atoms with E-state index in [0.29, 0.717) is 11.5 Å². The number of benzene rings is 2. The molecule has 1 heterocycles. The van der Waals surface area contributed by atoms with Crippen molar-refractivity contribution in [2.75, 3.05) is 13.1 Å². The van der Waals surface area contributed by atoms with Gasteiger partial charge in [0.05, 0.1) is 0 Å². The molecule has 1 fully saturated rings. The molecule has 2 aromatic rings. The van der Waals surface area contributed by atoms with Crippen LogP contribution in [-0.4, -0.2) is 28.6 Å².